The van der Waals surface area contributed by atoms with Gasteiger partial charge in [0.05, 0.1) is 63.0 Å². The molecular formula is C100H126N6O16. The topological polar surface area (TPSA) is 241 Å². The van der Waals surface area contributed by atoms with E-state index < -0.39 is 23.3 Å². The van der Waals surface area contributed by atoms with E-state index in [-0.39, 0.29) is 91.0 Å². The maximum Gasteiger partial charge on any atom is 0.410 e. The Morgan fingerprint density at radius 2 is 0.598 bits per heavy atom. The van der Waals surface area contributed by atoms with E-state index >= 15 is 0 Å². The highest BCUT2D eigenvalue weighted by atomic mass is 16.6. The number of likely N-dealkylation sites (tertiary alicyclic amines) is 4. The molecule has 5 aliphatic rings. The van der Waals surface area contributed by atoms with Crippen LogP contribution in [0.2, 0.25) is 0 Å². The highest BCUT2D eigenvalue weighted by molar-refractivity contribution is 5.82. The number of hydrogen-bond donors (Lipinski definition) is 3. The molecular weight excluding hydrogens is 1540 g/mol. The van der Waals surface area contributed by atoms with Crippen molar-refractivity contribution in [1.82, 2.24) is 24.9 Å². The number of aliphatic hydroxyl groups is 1. The summed E-state index contributed by atoms with van der Waals surface area (Å²) in [6, 6.07) is 87.0. The number of nitrogens with zero attached hydrogens (tertiary/aromatic N) is 4. The molecule has 12 atom stereocenters. The second-order valence-corrected chi connectivity index (χ2v) is 33.9. The molecule has 5 aliphatic heterocycles. The molecule has 0 aliphatic carbocycles. The van der Waals surface area contributed by atoms with Crippen LogP contribution in [0.5, 0.6) is 51.7 Å². The van der Waals surface area contributed by atoms with Crippen molar-refractivity contribution in [3.8, 4) is 51.7 Å². The summed E-state index contributed by atoms with van der Waals surface area (Å²) in [5, 5.41) is 12.9. The average Bonchev–Trinajstić information content (AvgIpc) is 1.72. The van der Waals surface area contributed by atoms with Crippen molar-refractivity contribution in [2.75, 3.05) is 65.8 Å². The van der Waals surface area contributed by atoms with Crippen molar-refractivity contribution < 1.29 is 76.4 Å². The van der Waals surface area contributed by atoms with Crippen LogP contribution in [-0.2, 0) is 19.1 Å². The van der Waals surface area contributed by atoms with Gasteiger partial charge in [0.25, 0.3) is 0 Å². The molecule has 0 aromatic heterocycles. The van der Waals surface area contributed by atoms with Crippen molar-refractivity contribution in [2.45, 2.75) is 186 Å². The number of amides is 4. The Kier molecular flexibility index (Phi) is 35.8. The molecule has 9 aromatic carbocycles. The van der Waals surface area contributed by atoms with Crippen LogP contribution in [0.1, 0.15) is 108 Å². The van der Waals surface area contributed by atoms with Crippen LogP contribution in [0.15, 0.2) is 273 Å². The number of para-hydroxylation sites is 9. The maximum absolute atomic E-state index is 13.0. The van der Waals surface area contributed by atoms with Crippen LogP contribution in [-0.4, -0.2) is 192 Å². The number of carbonyl (C=O) groups is 4. The molecule has 4 N–H and O–H groups in total. The summed E-state index contributed by atoms with van der Waals surface area (Å²) in [6.07, 6.45) is 2.96. The van der Waals surface area contributed by atoms with Crippen molar-refractivity contribution in [2.24, 2.45) is 23.5 Å². The minimum Gasteiger partial charge on any atom is -0.492 e. The third-order valence-corrected chi connectivity index (χ3v) is 21.1. The summed E-state index contributed by atoms with van der Waals surface area (Å²) in [5.74, 6) is 8.02. The van der Waals surface area contributed by atoms with Crippen LogP contribution in [0.4, 0.5) is 9.59 Å². The highest BCUT2D eigenvalue weighted by Crippen LogP contribution is 2.32. The van der Waals surface area contributed by atoms with E-state index in [9.17, 15) is 24.3 Å². The zero-order chi connectivity index (χ0) is 86.8. The summed E-state index contributed by atoms with van der Waals surface area (Å²) >= 11 is 0. The van der Waals surface area contributed by atoms with Crippen LogP contribution < -0.4 is 53.7 Å². The normalized spacial score (nSPS) is 20.8. The largest absolute Gasteiger partial charge is 0.492 e. The van der Waals surface area contributed by atoms with Gasteiger partial charge in [-0.3, -0.25) is 19.4 Å². The van der Waals surface area contributed by atoms with Crippen molar-refractivity contribution in [3.05, 3.63) is 273 Å². The molecule has 5 heterocycles. The Morgan fingerprint density at radius 1 is 0.344 bits per heavy atom. The first-order chi connectivity index (χ1) is 58.8. The van der Waals surface area contributed by atoms with Crippen molar-refractivity contribution >= 4 is 24.0 Å². The minimum absolute atomic E-state index is 0.0138. The Balaban J connectivity index is 0.000000161. The number of carbonyl (C=O) groups excluding carboxylic acids is 4. The van der Waals surface area contributed by atoms with E-state index in [1.54, 1.807) is 9.80 Å². The van der Waals surface area contributed by atoms with E-state index in [0.717, 1.165) is 77.6 Å². The molecule has 0 bridgehead atoms. The molecule has 22 heteroatoms. The van der Waals surface area contributed by atoms with Gasteiger partial charge < -0.3 is 78.1 Å². The second-order valence-electron chi connectivity index (χ2n) is 33.9. The van der Waals surface area contributed by atoms with Gasteiger partial charge in [0, 0.05) is 50.6 Å². The van der Waals surface area contributed by atoms with E-state index in [1.807, 2.05) is 345 Å². The van der Waals surface area contributed by atoms with Crippen molar-refractivity contribution in [3.63, 3.8) is 0 Å². The lowest BCUT2D eigenvalue weighted by molar-refractivity contribution is -0.138. The number of rotatable bonds is 27. The quantitative estimate of drug-likeness (QED) is 0.0433. The first-order valence-corrected chi connectivity index (χ1v) is 42.8. The molecule has 0 radical (unpaired) electrons. The lowest BCUT2D eigenvalue weighted by Gasteiger charge is -2.28. The number of aliphatic hydroxyl groups excluding tert-OH is 1. The predicted molar refractivity (Wildman–Crippen MR) is 475 cm³/mol. The molecule has 9 aromatic rings. The first-order valence-electron chi connectivity index (χ1n) is 42.8. The summed E-state index contributed by atoms with van der Waals surface area (Å²) < 4.78 is 64.6. The maximum atomic E-state index is 13.0. The fourth-order valence-electron chi connectivity index (χ4n) is 14.4. The third kappa shape index (κ3) is 30.9. The minimum atomic E-state index is -0.546. The zero-order valence-corrected chi connectivity index (χ0v) is 72.6. The fourth-order valence-corrected chi connectivity index (χ4v) is 14.4. The average molecular weight is 1670 g/mol. The molecule has 652 valence electrons. The summed E-state index contributed by atoms with van der Waals surface area (Å²) in [7, 11) is 0. The molecule has 5 saturated heterocycles. The van der Waals surface area contributed by atoms with Crippen molar-refractivity contribution in [1.29, 1.82) is 0 Å². The SMILES string of the molecule is CC(C)(C)OC(=O)N1CC(Oc2ccccc2)C[C@H]1CO.CC(C)(C)OC(=O)N1CC(Oc2ccccc2)C[C@H]1COc1ccccc1.CC(C)[C@H](C)C(=O)N1CC(Oc2ccccc2)C[C@H]1COc1ccccc1.CC(C)[C@H](N)C(=O)N1CC(Oc2ccccc2)C[C@H]1COc1ccccc1.c1ccc(OC[C@@H]2CC(Oc3ccccc3)CN2)cc1. The molecule has 22 nitrogen and oxygen atoms in total. The Hall–Kier alpha value is -11.5. The lowest BCUT2D eigenvalue weighted by atomic mass is 9.96. The smallest absolute Gasteiger partial charge is 0.410 e. The number of nitrogens with two attached hydrogens (primary N) is 1. The van der Waals surface area contributed by atoms with Gasteiger partial charge in [0.1, 0.15) is 120 Å². The number of hydrogen-bond acceptors (Lipinski definition) is 18. The number of benzene rings is 9. The van der Waals surface area contributed by atoms with Gasteiger partial charge >= 0.3 is 12.2 Å². The third-order valence-electron chi connectivity index (χ3n) is 21.1. The van der Waals surface area contributed by atoms with Gasteiger partial charge in [0.2, 0.25) is 11.8 Å². The van der Waals surface area contributed by atoms with Crippen LogP contribution in [0, 0.1) is 17.8 Å². The van der Waals surface area contributed by atoms with E-state index in [0.29, 0.717) is 77.4 Å². The Labute approximate surface area is 721 Å². The Morgan fingerprint density at radius 3 is 0.885 bits per heavy atom. The van der Waals surface area contributed by atoms with E-state index in [4.69, 9.17) is 57.8 Å². The Bertz CT molecular complexity index is 4340. The van der Waals surface area contributed by atoms with Gasteiger partial charge in [-0.2, -0.15) is 0 Å². The zero-order valence-electron chi connectivity index (χ0n) is 72.6. The highest BCUT2D eigenvalue weighted by Gasteiger charge is 2.43. The standard InChI is InChI=1S/C23H29NO3.C22H28N2O3.C22H27NO4.C17H19NO2.C16H23NO4/c1-17(2)18(3)23(25)24-15-22(27-21-12-8-5-9-13-21)14-19(24)16-26-20-10-6-4-7-11-20;1-16(2)21(23)22(25)24-14-20(27-19-11-7-4-8-12-19)13-17(24)15-26-18-9-5-3-6-10-18;1-22(2,3)27-21(24)23-15-20(26-19-12-8-5-9-13-19)14-17(23)16-25-18-10-6-4-7-11-18;1-3-7-15(8-4-1)19-13-14-11-17(12-18-14)20-16-9-5-2-6-10-16;1-16(2,3)21-15(19)17-10-14(9-12(17)11-18)20-13-7-5-4-6-8-13/h4-13,17-19,22H,14-16H2,1-3H3;3-12,16-17,20-21H,13-15,23H2,1-2H3;4-13,17,20H,14-16H2,1-3H3;1-10,14,17-18H,11-13H2;4-8,12,14,18H,9-11H2,1-3H3/t18-,19-,22?;17-,20?,21-;17-,20?;14-,17?;12-,14?/m00000/s1. The molecule has 0 spiro atoms. The monoisotopic (exact) mass is 1670 g/mol. The lowest BCUT2D eigenvalue weighted by Crippen LogP contribution is -2.50. The molecule has 122 heavy (non-hydrogen) atoms. The van der Waals surface area contributed by atoms with E-state index in [1.165, 1.54) is 0 Å². The fraction of sp³-hybridized carbons (Fsp3) is 0.420. The van der Waals surface area contributed by atoms with Gasteiger partial charge in [-0.15, -0.1) is 0 Å². The molecule has 5 unspecified atom stereocenters. The van der Waals surface area contributed by atoms with E-state index in [2.05, 4.69) is 19.2 Å². The predicted octanol–water partition coefficient (Wildman–Crippen LogP) is 17.3. The summed E-state index contributed by atoms with van der Waals surface area (Å²) in [4.78, 5) is 57.8. The molecule has 4 amide bonds. The van der Waals surface area contributed by atoms with Gasteiger partial charge in [-0.05, 0) is 163 Å². The van der Waals surface area contributed by atoms with Crippen LogP contribution >= 0.6 is 0 Å². The van der Waals surface area contributed by atoms with Gasteiger partial charge in [0.15, 0.2) is 0 Å². The summed E-state index contributed by atoms with van der Waals surface area (Å²) in [5.41, 5.74) is 5.05. The van der Waals surface area contributed by atoms with Gasteiger partial charge in [-0.1, -0.05) is 198 Å². The van der Waals surface area contributed by atoms with Crippen LogP contribution in [0.25, 0.3) is 0 Å². The second kappa shape index (κ2) is 47.1. The molecule has 14 rings (SSSR count). The molecule has 5 fully saturated rings. The number of ether oxygens (including phenoxy) is 11. The molecule has 0 saturated carbocycles. The summed E-state index contributed by atoms with van der Waals surface area (Å²) in [6.45, 7) is 26.0. The first kappa shape index (κ1) is 92.8. The van der Waals surface area contributed by atoms with Crippen LogP contribution in [0.3, 0.4) is 0 Å². The van der Waals surface area contributed by atoms with Gasteiger partial charge in [-0.25, -0.2) is 9.59 Å². The number of nitrogens with one attached hydrogen (secondary N) is 1.